The number of methoxy groups -OCH3 is 1. The number of hydrogen-bond acceptors (Lipinski definition) is 5. The van der Waals surface area contributed by atoms with Crippen LogP contribution in [0.3, 0.4) is 0 Å². The molecule has 6 heteroatoms. The van der Waals surface area contributed by atoms with E-state index >= 15 is 0 Å². The lowest BCUT2D eigenvalue weighted by molar-refractivity contribution is -0.132. The van der Waals surface area contributed by atoms with E-state index < -0.39 is 0 Å². The Kier molecular flexibility index (Phi) is 6.94. The van der Waals surface area contributed by atoms with Crippen molar-refractivity contribution in [3.05, 3.63) is 83.4 Å². The van der Waals surface area contributed by atoms with Crippen LogP contribution < -0.4 is 9.47 Å². The second-order valence-corrected chi connectivity index (χ2v) is 9.41. The van der Waals surface area contributed by atoms with E-state index in [1.807, 2.05) is 60.4 Å². The number of aryl methyl sites for hydroxylation is 1. The SMILES string of the molecule is CC[C@H](C(=O)N1CCCN(C2=Nc3ccc(C)cc3Oc3ccc(OC)cc32)CC1)c1ccccc1. The van der Waals surface area contributed by atoms with Gasteiger partial charge in [-0.25, -0.2) is 4.99 Å². The molecule has 0 bridgehead atoms. The van der Waals surface area contributed by atoms with Crippen molar-refractivity contribution in [2.75, 3.05) is 33.3 Å². The smallest absolute Gasteiger partial charge is 0.230 e. The normalized spacial score (nSPS) is 16.0. The molecule has 5 rings (SSSR count). The third-order valence-corrected chi connectivity index (χ3v) is 7.00. The van der Waals surface area contributed by atoms with E-state index in [4.69, 9.17) is 14.5 Å². The van der Waals surface area contributed by atoms with Gasteiger partial charge in [-0.15, -0.1) is 0 Å². The van der Waals surface area contributed by atoms with Gasteiger partial charge in [0.1, 0.15) is 23.0 Å². The Hall–Kier alpha value is -3.80. The van der Waals surface area contributed by atoms with Gasteiger partial charge < -0.3 is 19.3 Å². The second kappa shape index (κ2) is 10.4. The van der Waals surface area contributed by atoms with Crippen molar-refractivity contribution in [2.45, 2.75) is 32.6 Å². The van der Waals surface area contributed by atoms with Crippen LogP contribution >= 0.6 is 0 Å². The molecule has 6 nitrogen and oxygen atoms in total. The zero-order valence-electron chi connectivity index (χ0n) is 21.2. The van der Waals surface area contributed by atoms with Crippen molar-refractivity contribution >= 4 is 17.4 Å². The Morgan fingerprint density at radius 1 is 1.00 bits per heavy atom. The fourth-order valence-corrected chi connectivity index (χ4v) is 5.04. The van der Waals surface area contributed by atoms with Crippen LogP contribution in [0.15, 0.2) is 71.7 Å². The Balaban J connectivity index is 1.44. The number of carbonyl (C=O) groups is 1. The summed E-state index contributed by atoms with van der Waals surface area (Å²) >= 11 is 0. The molecule has 2 aliphatic rings. The molecule has 36 heavy (non-hydrogen) atoms. The van der Waals surface area contributed by atoms with Crippen LogP contribution in [0.4, 0.5) is 5.69 Å². The third-order valence-electron chi connectivity index (χ3n) is 7.00. The number of nitrogens with zero attached hydrogens (tertiary/aromatic N) is 3. The number of amidine groups is 1. The molecule has 0 spiro atoms. The van der Waals surface area contributed by atoms with Gasteiger partial charge in [0.2, 0.25) is 5.91 Å². The van der Waals surface area contributed by atoms with Gasteiger partial charge in [0.15, 0.2) is 5.75 Å². The molecule has 1 amide bonds. The van der Waals surface area contributed by atoms with Crippen LogP contribution in [0.1, 0.15) is 42.4 Å². The topological polar surface area (TPSA) is 54.4 Å². The average Bonchev–Trinajstić information content (AvgIpc) is 3.24. The highest BCUT2D eigenvalue weighted by Crippen LogP contribution is 2.40. The van der Waals surface area contributed by atoms with Gasteiger partial charge in [-0.1, -0.05) is 43.3 Å². The molecule has 0 aromatic heterocycles. The minimum Gasteiger partial charge on any atom is -0.497 e. The number of rotatable bonds is 4. The molecule has 0 N–H and O–H groups in total. The van der Waals surface area contributed by atoms with E-state index in [9.17, 15) is 4.79 Å². The summed E-state index contributed by atoms with van der Waals surface area (Å²) in [5.41, 5.74) is 3.91. The molecule has 3 aromatic rings. The van der Waals surface area contributed by atoms with Crippen molar-refractivity contribution in [1.82, 2.24) is 9.80 Å². The molecular formula is C30H33N3O3. The van der Waals surface area contributed by atoms with Gasteiger partial charge in [0.05, 0.1) is 18.6 Å². The summed E-state index contributed by atoms with van der Waals surface area (Å²) in [4.78, 5) is 22.9. The van der Waals surface area contributed by atoms with Gasteiger partial charge in [0.25, 0.3) is 0 Å². The quantitative estimate of drug-likeness (QED) is 0.463. The van der Waals surface area contributed by atoms with E-state index in [-0.39, 0.29) is 11.8 Å². The molecule has 3 aromatic carbocycles. The minimum absolute atomic E-state index is 0.110. The van der Waals surface area contributed by atoms with Crippen LogP contribution in [0.5, 0.6) is 17.2 Å². The summed E-state index contributed by atoms with van der Waals surface area (Å²) in [6.45, 7) is 7.04. The highest BCUT2D eigenvalue weighted by atomic mass is 16.5. The fraction of sp³-hybridized carbons (Fsp3) is 0.333. The van der Waals surface area contributed by atoms with E-state index in [1.54, 1.807) is 7.11 Å². The van der Waals surface area contributed by atoms with E-state index in [0.29, 0.717) is 13.1 Å². The fourth-order valence-electron chi connectivity index (χ4n) is 5.04. The zero-order chi connectivity index (χ0) is 25.1. The first-order valence-corrected chi connectivity index (χ1v) is 12.7. The first kappa shape index (κ1) is 23.9. The first-order chi connectivity index (χ1) is 17.6. The van der Waals surface area contributed by atoms with Gasteiger partial charge in [-0.2, -0.15) is 0 Å². The van der Waals surface area contributed by atoms with Crippen LogP contribution in [-0.2, 0) is 4.79 Å². The Morgan fingerprint density at radius 3 is 2.61 bits per heavy atom. The van der Waals surface area contributed by atoms with E-state index in [2.05, 4.69) is 30.0 Å². The number of ether oxygens (including phenoxy) is 2. The van der Waals surface area contributed by atoms with Crippen molar-refractivity contribution in [1.29, 1.82) is 0 Å². The molecule has 2 heterocycles. The molecule has 1 fully saturated rings. The van der Waals surface area contributed by atoms with Gasteiger partial charge in [0, 0.05) is 26.2 Å². The maximum absolute atomic E-state index is 13.5. The summed E-state index contributed by atoms with van der Waals surface area (Å²) in [6.07, 6.45) is 1.66. The molecule has 186 valence electrons. The summed E-state index contributed by atoms with van der Waals surface area (Å²) in [6, 6.07) is 22.0. The third kappa shape index (κ3) is 4.81. The number of benzene rings is 3. The number of amides is 1. The molecule has 1 atom stereocenters. The largest absolute Gasteiger partial charge is 0.497 e. The number of fused-ring (bicyclic) bond motifs is 2. The molecule has 0 aliphatic carbocycles. The molecule has 0 radical (unpaired) electrons. The molecule has 2 aliphatic heterocycles. The van der Waals surface area contributed by atoms with Crippen molar-refractivity contribution in [3.8, 4) is 17.2 Å². The summed E-state index contributed by atoms with van der Waals surface area (Å²) in [7, 11) is 1.67. The standard InChI is InChI=1S/C30H33N3O3/c1-4-24(22-9-6-5-7-10-22)30(34)33-16-8-15-32(17-18-33)29-25-20-23(35-3)12-14-27(25)36-28-19-21(2)11-13-26(28)31-29/h5-7,9-14,19-20,24H,4,8,15-18H2,1-3H3/t24-/m0/s1. The predicted molar refractivity (Wildman–Crippen MR) is 143 cm³/mol. The van der Waals surface area contributed by atoms with Gasteiger partial charge >= 0.3 is 0 Å². The van der Waals surface area contributed by atoms with Crippen LogP contribution in [-0.4, -0.2) is 54.8 Å². The van der Waals surface area contributed by atoms with Crippen LogP contribution in [0.2, 0.25) is 0 Å². The Bertz CT molecular complexity index is 1270. The lowest BCUT2D eigenvalue weighted by Gasteiger charge is -2.27. The predicted octanol–water partition coefficient (Wildman–Crippen LogP) is 5.92. The number of hydrogen-bond donors (Lipinski definition) is 0. The van der Waals surface area contributed by atoms with E-state index in [0.717, 1.165) is 71.4 Å². The van der Waals surface area contributed by atoms with Crippen molar-refractivity contribution in [2.24, 2.45) is 4.99 Å². The van der Waals surface area contributed by atoms with E-state index in [1.165, 1.54) is 0 Å². The monoisotopic (exact) mass is 483 g/mol. The summed E-state index contributed by atoms with van der Waals surface area (Å²) < 4.78 is 11.9. The summed E-state index contributed by atoms with van der Waals surface area (Å²) in [5, 5.41) is 0. The molecule has 0 unspecified atom stereocenters. The van der Waals surface area contributed by atoms with Crippen LogP contribution in [0, 0.1) is 6.92 Å². The minimum atomic E-state index is -0.110. The highest BCUT2D eigenvalue weighted by Gasteiger charge is 2.29. The Labute approximate surface area is 213 Å². The molecule has 0 saturated carbocycles. The lowest BCUT2D eigenvalue weighted by Crippen LogP contribution is -2.39. The van der Waals surface area contributed by atoms with Crippen molar-refractivity contribution in [3.63, 3.8) is 0 Å². The van der Waals surface area contributed by atoms with Crippen molar-refractivity contribution < 1.29 is 14.3 Å². The average molecular weight is 484 g/mol. The first-order valence-electron chi connectivity index (χ1n) is 12.7. The summed E-state index contributed by atoms with van der Waals surface area (Å²) in [5.74, 6) is 3.22. The number of carbonyl (C=O) groups excluding carboxylic acids is 1. The Morgan fingerprint density at radius 2 is 1.83 bits per heavy atom. The number of aliphatic imine (C=N–C) groups is 1. The maximum Gasteiger partial charge on any atom is 0.230 e. The van der Waals surface area contributed by atoms with Crippen LogP contribution in [0.25, 0.3) is 0 Å². The van der Waals surface area contributed by atoms with Gasteiger partial charge in [-0.3, -0.25) is 4.79 Å². The second-order valence-electron chi connectivity index (χ2n) is 9.41. The maximum atomic E-state index is 13.5. The molecule has 1 saturated heterocycles. The highest BCUT2D eigenvalue weighted by molar-refractivity contribution is 6.04. The lowest BCUT2D eigenvalue weighted by atomic mass is 9.95. The molecular weight excluding hydrogens is 450 g/mol. The zero-order valence-corrected chi connectivity index (χ0v) is 21.2. The van der Waals surface area contributed by atoms with Gasteiger partial charge in [-0.05, 0) is 61.2 Å².